The number of nitro groups is 1. The molecule has 1 saturated heterocycles. The number of aryl methyl sites for hydroxylation is 2. The molecule has 2 heterocycles. The lowest BCUT2D eigenvalue weighted by Gasteiger charge is -2.46. The van der Waals surface area contributed by atoms with Crippen LogP contribution in [0.5, 0.6) is 0 Å². The molecule has 2 aliphatic rings. The van der Waals surface area contributed by atoms with E-state index in [2.05, 4.69) is 75.3 Å². The smallest absolute Gasteiger partial charge is 0.293 e. The van der Waals surface area contributed by atoms with E-state index < -0.39 is 20.9 Å². The number of thioether (sulfide) groups is 1. The van der Waals surface area contributed by atoms with E-state index in [1.54, 1.807) is 23.9 Å². The molecule has 1 amide bonds. The van der Waals surface area contributed by atoms with Crippen LogP contribution < -0.4 is 14.9 Å². The predicted molar refractivity (Wildman–Crippen MR) is 211 cm³/mol. The van der Waals surface area contributed by atoms with Gasteiger partial charge in [0.1, 0.15) is 5.69 Å². The van der Waals surface area contributed by atoms with Crippen molar-refractivity contribution in [3.8, 4) is 11.1 Å². The zero-order valence-electron chi connectivity index (χ0n) is 29.4. The molecule has 2 N–H and O–H groups in total. The number of fused-ring (bicyclic) bond motifs is 3. The Balaban J connectivity index is 0.978. The molecular weight excluding hydrogens is 707 g/mol. The number of hydrogen-bond acceptors (Lipinski definition) is 9. The predicted octanol–water partition coefficient (Wildman–Crippen LogP) is 7.53. The second-order valence-electron chi connectivity index (χ2n) is 13.4. The highest BCUT2D eigenvalue weighted by molar-refractivity contribution is 7.99. The number of carbonyl (C=O) groups excluding carboxylic acids is 1. The van der Waals surface area contributed by atoms with Crippen molar-refractivity contribution in [2.75, 3.05) is 42.1 Å². The largest absolute Gasteiger partial charge is 0.379 e. The highest BCUT2D eigenvalue weighted by Gasteiger charge is 2.33. The zero-order valence-corrected chi connectivity index (χ0v) is 31.0. The molecule has 5 aromatic carbocycles. The van der Waals surface area contributed by atoms with Gasteiger partial charge in [0, 0.05) is 66.7 Å². The van der Waals surface area contributed by atoms with E-state index >= 15 is 0 Å². The number of hydrogen-bond donors (Lipinski definition) is 2. The third-order valence-corrected chi connectivity index (χ3v) is 12.2. The number of anilines is 2. The number of nitro benzene ring substituents is 1. The fraction of sp³-hybridized carbons (Fsp3) is 0.244. The van der Waals surface area contributed by atoms with Gasteiger partial charge < -0.3 is 10.2 Å². The van der Waals surface area contributed by atoms with Crippen LogP contribution in [-0.4, -0.2) is 62.1 Å². The van der Waals surface area contributed by atoms with Crippen LogP contribution in [0.25, 0.3) is 11.1 Å². The molecule has 0 unspecified atom stereocenters. The number of sulfonamides is 1. The molecule has 272 valence electrons. The fourth-order valence-corrected chi connectivity index (χ4v) is 8.94. The Labute approximate surface area is 314 Å². The molecule has 12 heteroatoms. The normalized spacial score (nSPS) is 15.6. The van der Waals surface area contributed by atoms with Gasteiger partial charge in [-0.25, -0.2) is 13.1 Å². The average molecular weight is 748 g/mol. The molecule has 2 aliphatic heterocycles. The monoisotopic (exact) mass is 747 g/mol. The number of nitrogens with zero attached hydrogens (tertiary/aromatic N) is 3. The van der Waals surface area contributed by atoms with Gasteiger partial charge in [0.25, 0.3) is 21.6 Å². The zero-order chi connectivity index (χ0) is 37.0. The van der Waals surface area contributed by atoms with Crippen LogP contribution in [0, 0.1) is 17.0 Å². The van der Waals surface area contributed by atoms with E-state index in [1.165, 1.54) is 34.4 Å². The van der Waals surface area contributed by atoms with Gasteiger partial charge >= 0.3 is 0 Å². The van der Waals surface area contributed by atoms with Crippen LogP contribution >= 0.6 is 11.8 Å². The molecule has 0 aliphatic carbocycles. The third-order valence-electron chi connectivity index (χ3n) is 9.87. The summed E-state index contributed by atoms with van der Waals surface area (Å²) in [5.41, 5.74) is 7.14. The van der Waals surface area contributed by atoms with Crippen molar-refractivity contribution in [3.05, 3.63) is 148 Å². The summed E-state index contributed by atoms with van der Waals surface area (Å²) in [6.45, 7) is 6.07. The minimum absolute atomic E-state index is 0.204. The lowest BCUT2D eigenvalue weighted by Crippen LogP contribution is -2.54. The van der Waals surface area contributed by atoms with Crippen LogP contribution in [0.15, 0.2) is 125 Å². The third kappa shape index (κ3) is 8.40. The number of benzene rings is 5. The Bertz CT molecular complexity index is 2230. The molecule has 0 radical (unpaired) electrons. The summed E-state index contributed by atoms with van der Waals surface area (Å²) in [6.07, 6.45) is 1.68. The first-order chi connectivity index (χ1) is 25.6. The van der Waals surface area contributed by atoms with E-state index in [0.29, 0.717) is 18.3 Å². The molecular formula is C41H41N5O5S2. The van der Waals surface area contributed by atoms with Crippen LogP contribution in [0.2, 0.25) is 0 Å². The van der Waals surface area contributed by atoms with Gasteiger partial charge in [-0.1, -0.05) is 72.3 Å². The highest BCUT2D eigenvalue weighted by Crippen LogP contribution is 2.35. The second-order valence-corrected chi connectivity index (χ2v) is 16.3. The Kier molecular flexibility index (Phi) is 10.8. The standard InChI is InChI=1S/C41H41N5O5S2/c1-29-11-13-30(14-12-29)37-10-6-5-7-33(37)27-44-22-23-45-34(28-44)17-15-31-25-32(16-20-39(31)45)41(47)43-53(50,51)36-18-19-38(40(26-36)46(48)49)42-21-24-52-35-8-3-2-4-9-35/h2-14,16,18-20,25-26,34,42H,15,17,21-24,27-28H2,1H3,(H,43,47)/t34-/m0/s1. The molecule has 0 aromatic heterocycles. The van der Waals surface area contributed by atoms with E-state index in [4.69, 9.17) is 0 Å². The number of rotatable bonds is 12. The molecule has 5 aromatic rings. The van der Waals surface area contributed by atoms with Crippen LogP contribution in [0.1, 0.15) is 33.5 Å². The maximum atomic E-state index is 13.3. The van der Waals surface area contributed by atoms with Crippen molar-refractivity contribution in [2.45, 2.75) is 42.1 Å². The minimum atomic E-state index is -4.39. The van der Waals surface area contributed by atoms with Crippen molar-refractivity contribution >= 4 is 44.8 Å². The van der Waals surface area contributed by atoms with E-state index in [0.717, 1.165) is 61.2 Å². The molecule has 7 rings (SSSR count). The summed E-state index contributed by atoms with van der Waals surface area (Å²) >= 11 is 1.60. The topological polar surface area (TPSA) is 125 Å². The quantitative estimate of drug-likeness (QED) is 0.0577. The van der Waals surface area contributed by atoms with Gasteiger partial charge in [-0.05, 0) is 84.5 Å². The summed E-state index contributed by atoms with van der Waals surface area (Å²) in [7, 11) is -4.39. The number of carbonyl (C=O) groups is 1. The van der Waals surface area contributed by atoms with Gasteiger partial charge in [0.2, 0.25) is 0 Å². The van der Waals surface area contributed by atoms with Crippen LogP contribution in [-0.2, 0) is 23.0 Å². The summed E-state index contributed by atoms with van der Waals surface area (Å²) < 4.78 is 28.7. The summed E-state index contributed by atoms with van der Waals surface area (Å²) in [5, 5.41) is 14.9. The van der Waals surface area contributed by atoms with Crippen molar-refractivity contribution in [2.24, 2.45) is 0 Å². The number of amides is 1. The SMILES string of the molecule is Cc1ccc(-c2ccccc2CN2CCN3c4ccc(C(=O)NS(=O)(=O)c5ccc(NCCSc6ccccc6)c([N+](=O)[O-])c5)cc4CC[C@H]3C2)cc1. The first kappa shape index (κ1) is 36.2. The summed E-state index contributed by atoms with van der Waals surface area (Å²) in [4.78, 5) is 30.2. The Morgan fingerprint density at radius 1 is 0.925 bits per heavy atom. The first-order valence-electron chi connectivity index (χ1n) is 17.7. The van der Waals surface area contributed by atoms with E-state index in [1.807, 2.05) is 36.4 Å². The number of piperazine rings is 1. The molecule has 0 saturated carbocycles. The van der Waals surface area contributed by atoms with E-state index in [-0.39, 0.29) is 21.8 Å². The van der Waals surface area contributed by atoms with Crippen LogP contribution in [0.3, 0.4) is 0 Å². The molecule has 0 bridgehead atoms. The maximum absolute atomic E-state index is 13.3. The Hall–Kier alpha value is -5.17. The van der Waals surface area contributed by atoms with Gasteiger partial charge in [-0.15, -0.1) is 11.8 Å². The number of nitrogens with one attached hydrogen (secondary N) is 2. The minimum Gasteiger partial charge on any atom is -0.379 e. The maximum Gasteiger partial charge on any atom is 0.293 e. The van der Waals surface area contributed by atoms with Crippen molar-refractivity contribution in [3.63, 3.8) is 0 Å². The Morgan fingerprint density at radius 3 is 2.49 bits per heavy atom. The first-order valence-corrected chi connectivity index (χ1v) is 20.2. The van der Waals surface area contributed by atoms with Crippen LogP contribution in [0.4, 0.5) is 17.1 Å². The second kappa shape index (κ2) is 15.8. The molecule has 0 spiro atoms. The van der Waals surface area contributed by atoms with E-state index in [9.17, 15) is 23.3 Å². The molecule has 10 nitrogen and oxygen atoms in total. The summed E-state index contributed by atoms with van der Waals surface area (Å²) in [6, 6.07) is 36.3. The fourth-order valence-electron chi connectivity index (χ4n) is 7.16. The molecule has 1 atom stereocenters. The van der Waals surface area contributed by atoms with Gasteiger partial charge in [-0.2, -0.15) is 0 Å². The molecule has 1 fully saturated rings. The van der Waals surface area contributed by atoms with Crippen molar-refractivity contribution in [1.29, 1.82) is 0 Å². The molecule has 53 heavy (non-hydrogen) atoms. The van der Waals surface area contributed by atoms with Gasteiger partial charge in [0.05, 0.1) is 9.82 Å². The summed E-state index contributed by atoms with van der Waals surface area (Å²) in [5.74, 6) is -0.131. The van der Waals surface area contributed by atoms with Gasteiger partial charge in [0.15, 0.2) is 0 Å². The van der Waals surface area contributed by atoms with Crippen molar-refractivity contribution < 1.29 is 18.1 Å². The van der Waals surface area contributed by atoms with Crippen molar-refractivity contribution in [1.82, 2.24) is 9.62 Å². The Morgan fingerprint density at radius 2 is 1.70 bits per heavy atom. The average Bonchev–Trinajstić information content (AvgIpc) is 3.17. The highest BCUT2D eigenvalue weighted by atomic mass is 32.2. The lowest BCUT2D eigenvalue weighted by molar-refractivity contribution is -0.384. The lowest BCUT2D eigenvalue weighted by atomic mass is 9.92. The van der Waals surface area contributed by atoms with Gasteiger partial charge in [-0.3, -0.25) is 19.8 Å².